The van der Waals surface area contributed by atoms with E-state index in [0.717, 1.165) is 24.8 Å². The molecule has 0 aliphatic rings. The predicted octanol–water partition coefficient (Wildman–Crippen LogP) is 2.23. The van der Waals surface area contributed by atoms with Gasteiger partial charge in [-0.15, -0.1) is 0 Å². The Balaban J connectivity index is 2.85. The summed E-state index contributed by atoms with van der Waals surface area (Å²) in [4.78, 5) is 10.7. The molecule has 0 saturated carbocycles. The van der Waals surface area contributed by atoms with Crippen molar-refractivity contribution in [2.24, 2.45) is 5.73 Å². The number of benzene rings is 1. The summed E-state index contributed by atoms with van der Waals surface area (Å²) in [7, 11) is 0. The first kappa shape index (κ1) is 11.9. The van der Waals surface area contributed by atoms with Crippen molar-refractivity contribution in [3.05, 3.63) is 34.6 Å². The van der Waals surface area contributed by atoms with Gasteiger partial charge < -0.3 is 5.73 Å². The molecule has 1 aromatic carbocycles. The SMILES string of the molecule is Cc1cc(CCCCN)c(C=O)cc1F. The van der Waals surface area contributed by atoms with Gasteiger partial charge in [0.15, 0.2) is 0 Å². The highest BCUT2D eigenvalue weighted by Gasteiger charge is 2.06. The van der Waals surface area contributed by atoms with Gasteiger partial charge in [0.2, 0.25) is 0 Å². The van der Waals surface area contributed by atoms with Crippen molar-refractivity contribution in [3.8, 4) is 0 Å². The summed E-state index contributed by atoms with van der Waals surface area (Å²) in [6.45, 7) is 2.35. The van der Waals surface area contributed by atoms with E-state index < -0.39 is 0 Å². The number of hydrogen-bond donors (Lipinski definition) is 1. The van der Waals surface area contributed by atoms with Crippen LogP contribution in [0, 0.1) is 12.7 Å². The van der Waals surface area contributed by atoms with Gasteiger partial charge >= 0.3 is 0 Å². The van der Waals surface area contributed by atoms with Crippen LogP contribution >= 0.6 is 0 Å². The minimum Gasteiger partial charge on any atom is -0.330 e. The van der Waals surface area contributed by atoms with E-state index in [1.807, 2.05) is 0 Å². The van der Waals surface area contributed by atoms with Crippen molar-refractivity contribution in [2.45, 2.75) is 26.2 Å². The lowest BCUT2D eigenvalue weighted by Gasteiger charge is -2.06. The molecule has 1 rings (SSSR count). The number of aryl methyl sites for hydroxylation is 2. The Morgan fingerprint density at radius 2 is 2.13 bits per heavy atom. The maximum atomic E-state index is 13.2. The molecule has 0 spiro atoms. The summed E-state index contributed by atoms with van der Waals surface area (Å²) in [6, 6.07) is 3.05. The molecular formula is C12H16FNO. The summed E-state index contributed by atoms with van der Waals surface area (Å²) < 4.78 is 13.2. The lowest BCUT2D eigenvalue weighted by atomic mass is 10.00. The van der Waals surface area contributed by atoms with E-state index in [2.05, 4.69) is 0 Å². The van der Waals surface area contributed by atoms with E-state index >= 15 is 0 Å². The second-order valence-electron chi connectivity index (χ2n) is 3.66. The summed E-state index contributed by atoms with van der Waals surface area (Å²) in [5, 5.41) is 0. The van der Waals surface area contributed by atoms with E-state index in [4.69, 9.17) is 5.73 Å². The third-order valence-electron chi connectivity index (χ3n) is 2.45. The third kappa shape index (κ3) is 3.13. The zero-order valence-corrected chi connectivity index (χ0v) is 8.92. The molecule has 0 unspecified atom stereocenters. The molecule has 0 saturated heterocycles. The molecule has 0 bridgehead atoms. The molecule has 82 valence electrons. The van der Waals surface area contributed by atoms with Crippen molar-refractivity contribution < 1.29 is 9.18 Å². The van der Waals surface area contributed by atoms with Crippen LogP contribution in [0.4, 0.5) is 4.39 Å². The van der Waals surface area contributed by atoms with Crippen molar-refractivity contribution in [3.63, 3.8) is 0 Å². The summed E-state index contributed by atoms with van der Waals surface area (Å²) in [6.07, 6.45) is 3.35. The largest absolute Gasteiger partial charge is 0.330 e. The third-order valence-corrected chi connectivity index (χ3v) is 2.45. The number of nitrogens with two attached hydrogens (primary N) is 1. The lowest BCUT2D eigenvalue weighted by Crippen LogP contribution is -2.01. The van der Waals surface area contributed by atoms with Crippen LogP contribution in [-0.2, 0) is 6.42 Å². The molecule has 2 N–H and O–H groups in total. The fraction of sp³-hybridized carbons (Fsp3) is 0.417. The zero-order chi connectivity index (χ0) is 11.3. The van der Waals surface area contributed by atoms with Gasteiger partial charge in [-0.25, -0.2) is 4.39 Å². The normalized spacial score (nSPS) is 10.3. The Morgan fingerprint density at radius 3 is 2.73 bits per heavy atom. The molecule has 3 heteroatoms. The number of carbonyl (C=O) groups is 1. The number of unbranched alkanes of at least 4 members (excludes halogenated alkanes) is 1. The van der Waals surface area contributed by atoms with E-state index in [0.29, 0.717) is 24.0 Å². The molecule has 0 fully saturated rings. The topological polar surface area (TPSA) is 43.1 Å². The second kappa shape index (κ2) is 5.61. The predicted molar refractivity (Wildman–Crippen MR) is 58.5 cm³/mol. The van der Waals surface area contributed by atoms with E-state index in [-0.39, 0.29) is 5.82 Å². The van der Waals surface area contributed by atoms with Gasteiger partial charge in [0, 0.05) is 5.56 Å². The number of carbonyl (C=O) groups excluding carboxylic acids is 1. The van der Waals surface area contributed by atoms with Crippen LogP contribution in [0.5, 0.6) is 0 Å². The average molecular weight is 209 g/mol. The van der Waals surface area contributed by atoms with Crippen LogP contribution in [0.15, 0.2) is 12.1 Å². The van der Waals surface area contributed by atoms with Crippen molar-refractivity contribution in [2.75, 3.05) is 6.54 Å². The number of rotatable bonds is 5. The van der Waals surface area contributed by atoms with Crippen LogP contribution in [0.2, 0.25) is 0 Å². The van der Waals surface area contributed by atoms with E-state index in [1.165, 1.54) is 6.07 Å². The first-order chi connectivity index (χ1) is 7.19. The van der Waals surface area contributed by atoms with Crippen molar-refractivity contribution in [1.82, 2.24) is 0 Å². The van der Waals surface area contributed by atoms with E-state index in [9.17, 15) is 9.18 Å². The second-order valence-corrected chi connectivity index (χ2v) is 3.66. The van der Waals surface area contributed by atoms with Gasteiger partial charge in [0.05, 0.1) is 0 Å². The lowest BCUT2D eigenvalue weighted by molar-refractivity contribution is 0.112. The average Bonchev–Trinajstić information content (AvgIpc) is 2.23. The molecule has 0 atom stereocenters. The molecular weight excluding hydrogens is 193 g/mol. The standard InChI is InChI=1S/C12H16FNO/c1-9-6-10(4-2-3-5-14)11(8-15)7-12(9)13/h6-8H,2-5,14H2,1H3. The molecule has 1 aromatic rings. The minimum absolute atomic E-state index is 0.320. The zero-order valence-electron chi connectivity index (χ0n) is 8.92. The quantitative estimate of drug-likeness (QED) is 0.597. The van der Waals surface area contributed by atoms with Crippen LogP contribution in [-0.4, -0.2) is 12.8 Å². The highest BCUT2D eigenvalue weighted by atomic mass is 19.1. The van der Waals surface area contributed by atoms with Crippen LogP contribution < -0.4 is 5.73 Å². The Hall–Kier alpha value is -1.22. The molecule has 0 amide bonds. The molecule has 0 radical (unpaired) electrons. The molecule has 0 aliphatic heterocycles. The highest BCUT2D eigenvalue weighted by molar-refractivity contribution is 5.77. The van der Waals surface area contributed by atoms with Crippen LogP contribution in [0.3, 0.4) is 0 Å². The minimum atomic E-state index is -0.320. The van der Waals surface area contributed by atoms with Gasteiger partial charge in [-0.2, -0.15) is 0 Å². The maximum Gasteiger partial charge on any atom is 0.150 e. The molecule has 0 aliphatic carbocycles. The molecule has 0 heterocycles. The van der Waals surface area contributed by atoms with Gasteiger partial charge in [-0.1, -0.05) is 6.07 Å². The number of hydrogen-bond acceptors (Lipinski definition) is 2. The summed E-state index contributed by atoms with van der Waals surface area (Å²) >= 11 is 0. The van der Waals surface area contributed by atoms with Gasteiger partial charge in [-0.3, -0.25) is 4.79 Å². The first-order valence-electron chi connectivity index (χ1n) is 5.13. The van der Waals surface area contributed by atoms with Crippen molar-refractivity contribution >= 4 is 6.29 Å². The Bertz CT molecular complexity index is 350. The Labute approximate surface area is 89.3 Å². The highest BCUT2D eigenvalue weighted by Crippen LogP contribution is 2.16. The summed E-state index contributed by atoms with van der Waals surface area (Å²) in [5.41, 5.74) is 7.34. The number of halogens is 1. The maximum absolute atomic E-state index is 13.2. The monoisotopic (exact) mass is 209 g/mol. The smallest absolute Gasteiger partial charge is 0.150 e. The Morgan fingerprint density at radius 1 is 1.40 bits per heavy atom. The fourth-order valence-corrected chi connectivity index (χ4v) is 1.54. The number of aldehydes is 1. The first-order valence-corrected chi connectivity index (χ1v) is 5.13. The van der Waals surface area contributed by atoms with Crippen LogP contribution in [0.1, 0.15) is 34.3 Å². The summed E-state index contributed by atoms with van der Waals surface area (Å²) in [5.74, 6) is -0.320. The van der Waals surface area contributed by atoms with Crippen molar-refractivity contribution in [1.29, 1.82) is 0 Å². The van der Waals surface area contributed by atoms with Gasteiger partial charge in [0.25, 0.3) is 0 Å². The fourth-order valence-electron chi connectivity index (χ4n) is 1.54. The molecule has 2 nitrogen and oxygen atoms in total. The molecule has 0 aromatic heterocycles. The van der Waals surface area contributed by atoms with Crippen LogP contribution in [0.25, 0.3) is 0 Å². The molecule has 15 heavy (non-hydrogen) atoms. The van der Waals surface area contributed by atoms with E-state index in [1.54, 1.807) is 13.0 Å². The van der Waals surface area contributed by atoms with Gasteiger partial charge in [-0.05, 0) is 49.9 Å². The Kier molecular flexibility index (Phi) is 4.43. The van der Waals surface area contributed by atoms with Gasteiger partial charge in [0.1, 0.15) is 12.1 Å².